The van der Waals surface area contributed by atoms with E-state index in [1.807, 2.05) is 20.8 Å². The molecule has 7 heteroatoms. The molecule has 0 atom stereocenters. The van der Waals surface area contributed by atoms with Gasteiger partial charge in [-0.3, -0.25) is 9.59 Å². The van der Waals surface area contributed by atoms with E-state index in [0.29, 0.717) is 12.1 Å². The van der Waals surface area contributed by atoms with E-state index in [9.17, 15) is 22.8 Å². The van der Waals surface area contributed by atoms with Gasteiger partial charge in [-0.05, 0) is 54.8 Å². The summed E-state index contributed by atoms with van der Waals surface area (Å²) >= 11 is 0. The first kappa shape index (κ1) is 21.6. The van der Waals surface area contributed by atoms with Crippen molar-refractivity contribution < 1.29 is 18.0 Å². The van der Waals surface area contributed by atoms with E-state index in [1.54, 1.807) is 28.8 Å². The Balaban J connectivity index is 2.08. The second-order valence-electron chi connectivity index (χ2n) is 7.48. The lowest BCUT2D eigenvalue weighted by Crippen LogP contribution is -2.27. The Hall–Kier alpha value is -3.09. The number of anilines is 1. The summed E-state index contributed by atoms with van der Waals surface area (Å²) in [6.07, 6.45) is -4.49. The molecule has 4 nitrogen and oxygen atoms in total. The molecule has 2 aromatic carbocycles. The second kappa shape index (κ2) is 7.97. The minimum atomic E-state index is -4.49. The summed E-state index contributed by atoms with van der Waals surface area (Å²) in [5.41, 5.74) is 1.13. The molecule has 3 rings (SSSR count). The molecule has 0 aliphatic rings. The molecule has 1 heterocycles. The summed E-state index contributed by atoms with van der Waals surface area (Å²) in [4.78, 5) is 26.6. The quantitative estimate of drug-likeness (QED) is 0.568. The summed E-state index contributed by atoms with van der Waals surface area (Å²) < 4.78 is 40.7. The first-order valence-corrected chi connectivity index (χ1v) is 9.67. The number of aromatic nitrogens is 1. The number of hydrogen-bond acceptors (Lipinski definition) is 2. The van der Waals surface area contributed by atoms with Gasteiger partial charge in [-0.2, -0.15) is 13.2 Å². The first-order valence-electron chi connectivity index (χ1n) is 9.67. The van der Waals surface area contributed by atoms with Crippen LogP contribution in [0.4, 0.5) is 18.9 Å². The van der Waals surface area contributed by atoms with Crippen LogP contribution in [-0.4, -0.2) is 17.5 Å². The third kappa shape index (κ3) is 3.97. The summed E-state index contributed by atoms with van der Waals surface area (Å²) in [5.74, 6) is -0.363. The van der Waals surface area contributed by atoms with Gasteiger partial charge in [0, 0.05) is 36.3 Å². The molecule has 0 spiro atoms. The molecule has 1 amide bonds. The number of carbonyl (C=O) groups excluding carboxylic acids is 1. The van der Waals surface area contributed by atoms with Crippen molar-refractivity contribution >= 4 is 22.5 Å². The van der Waals surface area contributed by atoms with Crippen molar-refractivity contribution in [3.05, 3.63) is 75.6 Å². The maximum atomic E-state index is 13.0. The fraction of sp³-hybridized carbons (Fsp3) is 0.304. The Morgan fingerprint density at radius 1 is 1.10 bits per heavy atom. The van der Waals surface area contributed by atoms with Gasteiger partial charge in [-0.15, -0.1) is 0 Å². The summed E-state index contributed by atoms with van der Waals surface area (Å²) in [5, 5.41) is 0.787. The summed E-state index contributed by atoms with van der Waals surface area (Å²) in [7, 11) is 1.44. The molecule has 1 aromatic heterocycles. The highest BCUT2D eigenvalue weighted by molar-refractivity contribution is 6.07. The van der Waals surface area contributed by atoms with Crippen LogP contribution in [-0.2, 0) is 12.7 Å². The normalized spacial score (nSPS) is 11.9. The van der Waals surface area contributed by atoms with Gasteiger partial charge in [0.05, 0.1) is 11.1 Å². The highest BCUT2D eigenvalue weighted by Gasteiger charge is 2.31. The third-order valence-corrected chi connectivity index (χ3v) is 5.19. The van der Waals surface area contributed by atoms with Crippen LogP contribution >= 0.6 is 0 Å². The van der Waals surface area contributed by atoms with Crippen molar-refractivity contribution in [2.24, 2.45) is 0 Å². The molecule has 3 aromatic rings. The van der Waals surface area contributed by atoms with Crippen LogP contribution in [0.15, 0.2) is 53.3 Å². The van der Waals surface area contributed by atoms with Crippen LogP contribution in [0.2, 0.25) is 0 Å². The Bertz CT molecular complexity index is 1160. The molecule has 0 unspecified atom stereocenters. The predicted molar refractivity (Wildman–Crippen MR) is 112 cm³/mol. The van der Waals surface area contributed by atoms with Crippen LogP contribution < -0.4 is 10.5 Å². The molecule has 0 saturated carbocycles. The van der Waals surface area contributed by atoms with Crippen LogP contribution in [0.1, 0.15) is 48.2 Å². The van der Waals surface area contributed by atoms with Gasteiger partial charge in [0.2, 0.25) is 0 Å². The zero-order valence-corrected chi connectivity index (χ0v) is 17.2. The molecule has 0 saturated heterocycles. The smallest absolute Gasteiger partial charge is 0.311 e. The lowest BCUT2D eigenvalue weighted by molar-refractivity contribution is -0.137. The van der Waals surface area contributed by atoms with E-state index in [-0.39, 0.29) is 17.2 Å². The van der Waals surface area contributed by atoms with E-state index >= 15 is 0 Å². The molecular formula is C23H23F3N2O2. The number of aryl methyl sites for hydroxylation is 1. The van der Waals surface area contributed by atoms with Crippen molar-refractivity contribution in [3.8, 4) is 0 Å². The first-order chi connectivity index (χ1) is 14.0. The lowest BCUT2D eigenvalue weighted by Gasteiger charge is -2.20. The molecule has 0 aliphatic heterocycles. The zero-order valence-electron chi connectivity index (χ0n) is 17.2. The fourth-order valence-corrected chi connectivity index (χ4v) is 3.55. The van der Waals surface area contributed by atoms with Crippen LogP contribution in [0, 0.1) is 0 Å². The van der Waals surface area contributed by atoms with Gasteiger partial charge in [0.15, 0.2) is 0 Å². The third-order valence-electron chi connectivity index (χ3n) is 5.19. The van der Waals surface area contributed by atoms with Crippen molar-refractivity contribution in [2.75, 3.05) is 11.9 Å². The van der Waals surface area contributed by atoms with E-state index in [1.165, 1.54) is 24.1 Å². The largest absolute Gasteiger partial charge is 0.416 e. The molecule has 158 valence electrons. The van der Waals surface area contributed by atoms with Gasteiger partial charge in [-0.25, -0.2) is 0 Å². The SMILES string of the molecule is CCn1c(=O)cc(C(C)C)c2cc(C(=O)N(C)c3cccc(C(F)(F)F)c3)ccc21. The highest BCUT2D eigenvalue weighted by Crippen LogP contribution is 2.32. The summed E-state index contributed by atoms with van der Waals surface area (Å²) in [6, 6.07) is 11.3. The topological polar surface area (TPSA) is 42.3 Å². The standard InChI is InChI=1S/C23H23F3N2O2/c1-5-28-20-10-9-15(11-19(20)18(14(2)3)13-21(28)29)22(30)27(4)17-8-6-7-16(12-17)23(24,25)26/h6-14H,5H2,1-4H3. The van der Waals surface area contributed by atoms with Crippen molar-refractivity contribution in [2.45, 2.75) is 39.4 Å². The maximum Gasteiger partial charge on any atom is 0.416 e. The Kier molecular flexibility index (Phi) is 5.74. The summed E-state index contributed by atoms with van der Waals surface area (Å²) in [6.45, 7) is 6.29. The highest BCUT2D eigenvalue weighted by atomic mass is 19.4. The van der Waals surface area contributed by atoms with Crippen LogP contribution in [0.3, 0.4) is 0 Å². The van der Waals surface area contributed by atoms with E-state index in [4.69, 9.17) is 0 Å². The number of pyridine rings is 1. The van der Waals surface area contributed by atoms with Crippen LogP contribution in [0.25, 0.3) is 10.9 Å². The second-order valence-corrected chi connectivity index (χ2v) is 7.48. The number of amides is 1. The number of nitrogens with zero attached hydrogens (tertiary/aromatic N) is 2. The molecule has 0 bridgehead atoms. The van der Waals surface area contributed by atoms with Gasteiger partial charge in [-0.1, -0.05) is 19.9 Å². The number of benzene rings is 2. The van der Waals surface area contributed by atoms with Gasteiger partial charge in [0.25, 0.3) is 11.5 Å². The zero-order chi connectivity index (χ0) is 22.2. The monoisotopic (exact) mass is 416 g/mol. The Labute approximate surface area is 172 Å². The number of alkyl halides is 3. The fourth-order valence-electron chi connectivity index (χ4n) is 3.55. The van der Waals surface area contributed by atoms with Crippen molar-refractivity contribution in [3.63, 3.8) is 0 Å². The van der Waals surface area contributed by atoms with Crippen molar-refractivity contribution in [1.82, 2.24) is 4.57 Å². The Morgan fingerprint density at radius 2 is 1.80 bits per heavy atom. The average molecular weight is 416 g/mol. The molecular weight excluding hydrogens is 393 g/mol. The van der Waals surface area contributed by atoms with Crippen molar-refractivity contribution in [1.29, 1.82) is 0 Å². The molecule has 0 radical (unpaired) electrons. The van der Waals surface area contributed by atoms with Gasteiger partial charge < -0.3 is 9.47 Å². The minimum Gasteiger partial charge on any atom is -0.311 e. The maximum absolute atomic E-state index is 13.0. The molecule has 0 N–H and O–H groups in total. The number of rotatable bonds is 4. The van der Waals surface area contributed by atoms with Crippen LogP contribution in [0.5, 0.6) is 0 Å². The van der Waals surface area contributed by atoms with E-state index < -0.39 is 17.6 Å². The number of halogens is 3. The number of carbonyl (C=O) groups is 1. The Morgan fingerprint density at radius 3 is 2.40 bits per heavy atom. The van der Waals surface area contributed by atoms with E-state index in [2.05, 4.69) is 0 Å². The molecule has 0 aliphatic carbocycles. The molecule has 0 fully saturated rings. The number of hydrogen-bond donors (Lipinski definition) is 0. The number of fused-ring (bicyclic) bond motifs is 1. The van der Waals surface area contributed by atoms with Gasteiger partial charge >= 0.3 is 6.18 Å². The minimum absolute atomic E-state index is 0.0678. The van der Waals surface area contributed by atoms with Gasteiger partial charge in [0.1, 0.15) is 0 Å². The van der Waals surface area contributed by atoms with E-state index in [0.717, 1.165) is 28.6 Å². The lowest BCUT2D eigenvalue weighted by atomic mass is 9.97. The molecule has 30 heavy (non-hydrogen) atoms. The predicted octanol–water partition coefficient (Wildman–Crippen LogP) is 5.44. The average Bonchev–Trinajstić information content (AvgIpc) is 2.71.